The molecule has 0 aliphatic carbocycles. The number of carbonyl (C=O) groups is 3. The minimum atomic E-state index is -1.51. The van der Waals surface area contributed by atoms with Gasteiger partial charge in [-0.15, -0.1) is 0 Å². The van der Waals surface area contributed by atoms with Gasteiger partial charge < -0.3 is 28.5 Å². The first-order valence-corrected chi connectivity index (χ1v) is 30.2. The first kappa shape index (κ1) is 68.5. The number of aliphatic carboxylic acids is 1. The molecular weight excluding hydrogens is 887 g/mol. The highest BCUT2D eigenvalue weighted by molar-refractivity contribution is 5.71. The molecule has 0 aliphatic rings. The molecule has 0 saturated heterocycles. The van der Waals surface area contributed by atoms with Gasteiger partial charge in [-0.2, -0.15) is 0 Å². The van der Waals surface area contributed by atoms with Gasteiger partial charge >= 0.3 is 17.9 Å². The summed E-state index contributed by atoms with van der Waals surface area (Å²) >= 11 is 0. The summed E-state index contributed by atoms with van der Waals surface area (Å²) in [7, 11) is 5.97. The van der Waals surface area contributed by atoms with E-state index in [0.29, 0.717) is 17.4 Å². The highest BCUT2D eigenvalue weighted by Crippen LogP contribution is 2.17. The predicted octanol–water partition coefficient (Wildman–Crippen LogP) is 17.7. The fraction of sp³-hybridized carbons (Fsp3) is 0.855. The van der Waals surface area contributed by atoms with Crippen LogP contribution in [0.15, 0.2) is 36.5 Å². The zero-order valence-electron chi connectivity index (χ0n) is 47.4. The van der Waals surface area contributed by atoms with Crippen molar-refractivity contribution < 1.29 is 42.9 Å². The molecule has 0 fully saturated rings. The molecule has 416 valence electrons. The van der Waals surface area contributed by atoms with E-state index in [1.165, 1.54) is 186 Å². The standard InChI is InChI=1S/C62H115NO8/c1-6-8-10-12-14-16-18-19-20-21-22-23-24-25-26-27-28-29-30-31-32-33-34-35-36-37-38-39-40-41-43-45-47-49-51-53-60(65)71-58(57-70-62(61(66)67)68-55-54-63(3,4)5)56-69-59(64)52-50-48-46-44-42-17-15-13-11-9-7-2/h13,15,18-19,21-22,58,62H,6-12,14,16-17,20,23-57H2,1-5H3/p+1/b15-13-,19-18-,22-21-. The lowest BCUT2D eigenvalue weighted by atomic mass is 10.0. The van der Waals surface area contributed by atoms with Crippen LogP contribution in [0.2, 0.25) is 0 Å². The van der Waals surface area contributed by atoms with Crippen molar-refractivity contribution in [1.29, 1.82) is 0 Å². The Hall–Kier alpha value is -2.49. The second-order valence-electron chi connectivity index (χ2n) is 21.7. The molecule has 2 unspecified atom stereocenters. The molecule has 0 aromatic rings. The predicted molar refractivity (Wildman–Crippen MR) is 300 cm³/mol. The molecule has 9 heteroatoms. The molecule has 0 rings (SSSR count). The molecule has 0 aromatic heterocycles. The molecule has 0 aromatic carbocycles. The number of carbonyl (C=O) groups excluding carboxylic acids is 2. The van der Waals surface area contributed by atoms with Gasteiger partial charge in [-0.05, 0) is 64.2 Å². The minimum Gasteiger partial charge on any atom is -0.477 e. The van der Waals surface area contributed by atoms with E-state index in [0.717, 1.165) is 70.6 Å². The van der Waals surface area contributed by atoms with Gasteiger partial charge in [0.1, 0.15) is 13.2 Å². The average molecular weight is 1000 g/mol. The lowest BCUT2D eigenvalue weighted by Gasteiger charge is -2.25. The number of quaternary nitrogens is 1. The van der Waals surface area contributed by atoms with Crippen LogP contribution in [0.1, 0.15) is 284 Å². The van der Waals surface area contributed by atoms with Gasteiger partial charge in [0, 0.05) is 12.8 Å². The van der Waals surface area contributed by atoms with Gasteiger partial charge in [0.25, 0.3) is 6.29 Å². The lowest BCUT2D eigenvalue weighted by molar-refractivity contribution is -0.870. The summed E-state index contributed by atoms with van der Waals surface area (Å²) in [5.74, 6) is -2.00. The van der Waals surface area contributed by atoms with Crippen LogP contribution in [0.4, 0.5) is 0 Å². The summed E-state index contributed by atoms with van der Waals surface area (Å²) in [5, 5.41) is 9.68. The van der Waals surface area contributed by atoms with Crippen LogP contribution >= 0.6 is 0 Å². The maximum absolute atomic E-state index is 12.8. The van der Waals surface area contributed by atoms with Gasteiger partial charge in [-0.1, -0.05) is 243 Å². The molecule has 0 aliphatic heterocycles. The number of allylic oxidation sites excluding steroid dienone is 6. The van der Waals surface area contributed by atoms with Crippen LogP contribution in [0.3, 0.4) is 0 Å². The van der Waals surface area contributed by atoms with Crippen LogP contribution < -0.4 is 0 Å². The number of esters is 2. The molecule has 0 saturated carbocycles. The van der Waals surface area contributed by atoms with Crippen molar-refractivity contribution in [3.05, 3.63) is 36.5 Å². The van der Waals surface area contributed by atoms with Gasteiger partial charge in [0.05, 0.1) is 34.4 Å². The Kier molecular flexibility index (Phi) is 51.9. The average Bonchev–Trinajstić information content (AvgIpc) is 3.34. The number of hydrogen-bond acceptors (Lipinski definition) is 7. The quantitative estimate of drug-likeness (QED) is 0.0211. The van der Waals surface area contributed by atoms with Gasteiger partial charge in [0.2, 0.25) is 0 Å². The molecular formula is C62H116NO8+. The second kappa shape index (κ2) is 53.8. The third kappa shape index (κ3) is 55.1. The Labute approximate surface area is 439 Å². The van der Waals surface area contributed by atoms with Crippen LogP contribution in [0.5, 0.6) is 0 Å². The third-order valence-corrected chi connectivity index (χ3v) is 13.4. The highest BCUT2D eigenvalue weighted by atomic mass is 16.7. The zero-order chi connectivity index (χ0) is 52.0. The SMILES string of the molecule is CCCC/C=C\CCCCCCCC(=O)OCC(COC(OCC[N+](C)(C)C)C(=O)O)OC(=O)CCCCCCCCCCCCCCCCCCCCCCCCC/C=C\C/C=C\CCCCCCC. The lowest BCUT2D eigenvalue weighted by Crippen LogP contribution is -2.40. The number of likely N-dealkylation sites (N-methyl/N-ethyl adjacent to an activating group) is 1. The van der Waals surface area contributed by atoms with Crippen molar-refractivity contribution in [3.8, 4) is 0 Å². The Morgan fingerprint density at radius 2 is 0.775 bits per heavy atom. The summed E-state index contributed by atoms with van der Waals surface area (Å²) < 4.78 is 22.8. The number of carboxylic acid groups (broad SMARTS) is 1. The Balaban J connectivity index is 3.97. The van der Waals surface area contributed by atoms with E-state index in [4.69, 9.17) is 18.9 Å². The van der Waals surface area contributed by atoms with E-state index in [1.807, 2.05) is 21.1 Å². The first-order valence-electron chi connectivity index (χ1n) is 30.2. The normalized spacial score (nSPS) is 13.0. The maximum atomic E-state index is 12.8. The molecule has 0 bridgehead atoms. The summed E-state index contributed by atoms with van der Waals surface area (Å²) in [6.45, 7) is 4.84. The fourth-order valence-corrected chi connectivity index (χ4v) is 8.67. The fourth-order valence-electron chi connectivity index (χ4n) is 8.67. The topological polar surface area (TPSA) is 108 Å². The first-order chi connectivity index (χ1) is 34.6. The van der Waals surface area contributed by atoms with Gasteiger partial charge in [-0.3, -0.25) is 9.59 Å². The molecule has 0 amide bonds. The number of carboxylic acids is 1. The number of hydrogen-bond donors (Lipinski definition) is 1. The van der Waals surface area contributed by atoms with Crippen molar-refractivity contribution >= 4 is 17.9 Å². The second-order valence-corrected chi connectivity index (χ2v) is 21.7. The Morgan fingerprint density at radius 1 is 0.423 bits per heavy atom. The highest BCUT2D eigenvalue weighted by Gasteiger charge is 2.25. The van der Waals surface area contributed by atoms with Crippen molar-refractivity contribution in [3.63, 3.8) is 0 Å². The summed E-state index contributed by atoms with van der Waals surface area (Å²) in [6.07, 6.45) is 62.6. The number of nitrogens with zero attached hydrogens (tertiary/aromatic N) is 1. The molecule has 1 N–H and O–H groups in total. The molecule has 0 radical (unpaired) electrons. The van der Waals surface area contributed by atoms with E-state index >= 15 is 0 Å². The molecule has 0 spiro atoms. The smallest absolute Gasteiger partial charge is 0.361 e. The van der Waals surface area contributed by atoms with Crippen molar-refractivity contribution in [2.75, 3.05) is 47.5 Å². The number of unbranched alkanes of at least 4 members (excludes halogenated alkanes) is 35. The largest absolute Gasteiger partial charge is 0.477 e. The van der Waals surface area contributed by atoms with Gasteiger partial charge in [0.15, 0.2) is 6.10 Å². The van der Waals surface area contributed by atoms with E-state index in [2.05, 4.69) is 50.3 Å². The van der Waals surface area contributed by atoms with Crippen molar-refractivity contribution in [1.82, 2.24) is 0 Å². The summed E-state index contributed by atoms with van der Waals surface area (Å²) in [4.78, 5) is 37.3. The molecule has 71 heavy (non-hydrogen) atoms. The third-order valence-electron chi connectivity index (χ3n) is 13.4. The van der Waals surface area contributed by atoms with Crippen LogP contribution in [-0.4, -0.2) is 87.4 Å². The maximum Gasteiger partial charge on any atom is 0.361 e. The van der Waals surface area contributed by atoms with Crippen molar-refractivity contribution in [2.24, 2.45) is 0 Å². The van der Waals surface area contributed by atoms with Crippen LogP contribution in [-0.2, 0) is 33.3 Å². The van der Waals surface area contributed by atoms with E-state index in [1.54, 1.807) is 0 Å². The van der Waals surface area contributed by atoms with Crippen LogP contribution in [0.25, 0.3) is 0 Å². The summed E-state index contributed by atoms with van der Waals surface area (Å²) in [6, 6.07) is 0. The number of rotatable bonds is 56. The Bertz CT molecular complexity index is 1260. The van der Waals surface area contributed by atoms with Crippen LogP contribution in [0, 0.1) is 0 Å². The summed E-state index contributed by atoms with van der Waals surface area (Å²) in [5.41, 5.74) is 0. The molecule has 2 atom stereocenters. The monoisotopic (exact) mass is 1000 g/mol. The van der Waals surface area contributed by atoms with Gasteiger partial charge in [-0.25, -0.2) is 4.79 Å². The Morgan fingerprint density at radius 3 is 1.17 bits per heavy atom. The molecule has 0 heterocycles. The zero-order valence-corrected chi connectivity index (χ0v) is 47.4. The van der Waals surface area contributed by atoms with E-state index in [-0.39, 0.29) is 32.2 Å². The molecule has 9 nitrogen and oxygen atoms in total. The minimum absolute atomic E-state index is 0.183. The van der Waals surface area contributed by atoms with E-state index < -0.39 is 24.3 Å². The number of ether oxygens (including phenoxy) is 4. The van der Waals surface area contributed by atoms with Crippen molar-refractivity contribution in [2.45, 2.75) is 296 Å². The van der Waals surface area contributed by atoms with E-state index in [9.17, 15) is 19.5 Å².